The highest BCUT2D eigenvalue weighted by molar-refractivity contribution is 6.09. The number of likely N-dealkylation sites (N-methyl/N-ethyl adjacent to an activating group) is 1. The molecule has 1 saturated heterocycles. The van der Waals surface area contributed by atoms with Crippen LogP contribution in [0.2, 0.25) is 0 Å². The molecule has 1 atom stereocenters. The smallest absolute Gasteiger partial charge is 0.325 e. The average molecular weight is 422 g/mol. The molecule has 8 heteroatoms. The number of hydrogen-bond donors (Lipinski definition) is 2. The van der Waals surface area contributed by atoms with Crippen molar-refractivity contribution in [3.8, 4) is 0 Å². The number of aryl methyl sites for hydroxylation is 1. The van der Waals surface area contributed by atoms with Crippen molar-refractivity contribution >= 4 is 23.8 Å². The Morgan fingerprint density at radius 3 is 2.35 bits per heavy atom. The van der Waals surface area contributed by atoms with E-state index in [0.29, 0.717) is 12.1 Å². The number of amides is 5. The summed E-state index contributed by atoms with van der Waals surface area (Å²) in [5.41, 5.74) is 6.74. The van der Waals surface area contributed by atoms with Gasteiger partial charge in [0.2, 0.25) is 11.8 Å². The second-order valence-corrected chi connectivity index (χ2v) is 7.81. The minimum atomic E-state index is -1.39. The van der Waals surface area contributed by atoms with Gasteiger partial charge in [0.1, 0.15) is 12.1 Å². The van der Waals surface area contributed by atoms with Gasteiger partial charge in [-0.15, -0.1) is 0 Å². The third-order valence-corrected chi connectivity index (χ3v) is 5.57. The Morgan fingerprint density at radius 2 is 1.74 bits per heavy atom. The number of hydrogen-bond acceptors (Lipinski definition) is 4. The zero-order valence-electron chi connectivity index (χ0n) is 17.8. The Balaban J connectivity index is 1.72. The first-order chi connectivity index (χ1) is 14.7. The summed E-state index contributed by atoms with van der Waals surface area (Å²) in [6, 6.07) is 13.5. The van der Waals surface area contributed by atoms with Crippen molar-refractivity contribution in [2.24, 2.45) is 5.73 Å². The lowest BCUT2D eigenvalue weighted by Crippen LogP contribution is -2.43. The zero-order chi connectivity index (χ0) is 22.8. The third kappa shape index (κ3) is 4.42. The van der Waals surface area contributed by atoms with E-state index in [4.69, 9.17) is 5.73 Å². The van der Waals surface area contributed by atoms with E-state index in [1.165, 1.54) is 29.5 Å². The number of carbonyl (C=O) groups excluding carboxylic acids is 4. The summed E-state index contributed by atoms with van der Waals surface area (Å²) in [4.78, 5) is 52.1. The number of benzene rings is 2. The fourth-order valence-electron chi connectivity index (χ4n) is 3.52. The van der Waals surface area contributed by atoms with Gasteiger partial charge in [-0.1, -0.05) is 43.3 Å². The van der Waals surface area contributed by atoms with Crippen LogP contribution >= 0.6 is 0 Å². The molecule has 2 aromatic rings. The van der Waals surface area contributed by atoms with E-state index in [1.54, 1.807) is 19.2 Å². The Hall–Kier alpha value is -3.68. The molecule has 0 bridgehead atoms. The Kier molecular flexibility index (Phi) is 6.10. The molecule has 162 valence electrons. The van der Waals surface area contributed by atoms with E-state index in [1.807, 2.05) is 24.3 Å². The summed E-state index contributed by atoms with van der Waals surface area (Å²) in [5, 5.41) is 2.63. The van der Waals surface area contributed by atoms with Crippen LogP contribution in [-0.2, 0) is 28.1 Å². The van der Waals surface area contributed by atoms with Crippen LogP contribution in [0.1, 0.15) is 40.9 Å². The fourth-order valence-corrected chi connectivity index (χ4v) is 3.52. The molecule has 31 heavy (non-hydrogen) atoms. The average Bonchev–Trinajstić information content (AvgIpc) is 2.98. The number of primary amides is 1. The topological polar surface area (TPSA) is 113 Å². The number of nitrogens with zero attached hydrogens (tertiary/aromatic N) is 2. The van der Waals surface area contributed by atoms with Gasteiger partial charge in [-0.25, -0.2) is 4.79 Å². The van der Waals surface area contributed by atoms with Crippen LogP contribution in [0.5, 0.6) is 0 Å². The first kappa shape index (κ1) is 22.0. The van der Waals surface area contributed by atoms with Gasteiger partial charge in [-0.2, -0.15) is 0 Å². The molecule has 1 aliphatic rings. The largest absolute Gasteiger partial charge is 0.366 e. The molecule has 0 radical (unpaired) electrons. The van der Waals surface area contributed by atoms with Gasteiger partial charge in [0, 0.05) is 19.2 Å². The van der Waals surface area contributed by atoms with Crippen LogP contribution in [-0.4, -0.2) is 47.1 Å². The molecule has 1 heterocycles. The van der Waals surface area contributed by atoms with E-state index < -0.39 is 23.4 Å². The van der Waals surface area contributed by atoms with E-state index in [9.17, 15) is 19.2 Å². The number of rotatable bonds is 7. The molecule has 1 unspecified atom stereocenters. The van der Waals surface area contributed by atoms with Gasteiger partial charge in [-0.05, 0) is 42.2 Å². The predicted octanol–water partition coefficient (Wildman–Crippen LogP) is 1.77. The van der Waals surface area contributed by atoms with Gasteiger partial charge in [0.05, 0.1) is 0 Å². The van der Waals surface area contributed by atoms with Gasteiger partial charge in [0.15, 0.2) is 0 Å². The number of imide groups is 1. The number of urea groups is 1. The van der Waals surface area contributed by atoms with E-state index in [0.717, 1.165) is 16.9 Å². The van der Waals surface area contributed by atoms with Crippen molar-refractivity contribution in [3.05, 3.63) is 70.8 Å². The summed E-state index contributed by atoms with van der Waals surface area (Å²) in [5.74, 6) is -1.56. The Bertz CT molecular complexity index is 1030. The highest BCUT2D eigenvalue weighted by atomic mass is 16.2. The quantitative estimate of drug-likeness (QED) is 0.662. The van der Waals surface area contributed by atoms with Crippen molar-refractivity contribution in [2.75, 3.05) is 13.6 Å². The van der Waals surface area contributed by atoms with E-state index in [-0.39, 0.29) is 18.0 Å². The Labute approximate surface area is 181 Å². The van der Waals surface area contributed by atoms with Gasteiger partial charge >= 0.3 is 6.03 Å². The lowest BCUT2D eigenvalue weighted by Gasteiger charge is -2.23. The molecule has 3 rings (SSSR count). The SMILES string of the molecule is CCc1ccc(CN(C)C(=O)CN2C(=O)NC(C)(c3cccc(C(N)=O)c3)C2=O)cc1. The minimum Gasteiger partial charge on any atom is -0.366 e. The third-order valence-electron chi connectivity index (χ3n) is 5.57. The maximum Gasteiger partial charge on any atom is 0.325 e. The molecule has 0 aliphatic carbocycles. The zero-order valence-corrected chi connectivity index (χ0v) is 17.8. The second-order valence-electron chi connectivity index (χ2n) is 7.81. The molecule has 2 aromatic carbocycles. The molecular formula is C23H26N4O4. The first-order valence-corrected chi connectivity index (χ1v) is 10.0. The van der Waals surface area contributed by atoms with Crippen LogP contribution in [0.4, 0.5) is 4.79 Å². The van der Waals surface area contributed by atoms with E-state index in [2.05, 4.69) is 12.2 Å². The highest BCUT2D eigenvalue weighted by Crippen LogP contribution is 2.29. The van der Waals surface area contributed by atoms with Crippen molar-refractivity contribution in [1.29, 1.82) is 0 Å². The van der Waals surface area contributed by atoms with Crippen LogP contribution in [0, 0.1) is 0 Å². The maximum absolute atomic E-state index is 13.1. The minimum absolute atomic E-state index is 0.226. The molecular weight excluding hydrogens is 396 g/mol. The predicted molar refractivity (Wildman–Crippen MR) is 115 cm³/mol. The van der Waals surface area contributed by atoms with Crippen LogP contribution in [0.15, 0.2) is 48.5 Å². The Morgan fingerprint density at radius 1 is 1.10 bits per heavy atom. The summed E-state index contributed by atoms with van der Waals surface area (Å²) in [7, 11) is 1.63. The van der Waals surface area contributed by atoms with Crippen molar-refractivity contribution in [3.63, 3.8) is 0 Å². The lowest BCUT2D eigenvalue weighted by atomic mass is 9.90. The van der Waals surface area contributed by atoms with Gasteiger partial charge in [-0.3, -0.25) is 19.3 Å². The van der Waals surface area contributed by atoms with Gasteiger partial charge < -0.3 is 16.0 Å². The first-order valence-electron chi connectivity index (χ1n) is 10.0. The monoisotopic (exact) mass is 422 g/mol. The molecule has 0 aromatic heterocycles. The summed E-state index contributed by atoms with van der Waals surface area (Å²) in [6.45, 7) is 3.60. The van der Waals surface area contributed by atoms with Crippen LogP contribution < -0.4 is 11.1 Å². The number of nitrogens with one attached hydrogen (secondary N) is 1. The molecule has 1 aliphatic heterocycles. The molecule has 5 amide bonds. The molecule has 3 N–H and O–H groups in total. The number of nitrogens with two attached hydrogens (primary N) is 1. The summed E-state index contributed by atoms with van der Waals surface area (Å²) < 4.78 is 0. The highest BCUT2D eigenvalue weighted by Gasteiger charge is 2.49. The molecule has 0 spiro atoms. The lowest BCUT2D eigenvalue weighted by molar-refractivity contribution is -0.138. The summed E-state index contributed by atoms with van der Waals surface area (Å²) in [6.07, 6.45) is 0.933. The standard InChI is InChI=1S/C23H26N4O4/c1-4-15-8-10-16(11-9-15)13-26(3)19(28)14-27-21(30)23(2,25-22(27)31)18-7-5-6-17(12-18)20(24)29/h5-12H,4,13-14H2,1-3H3,(H2,24,29)(H,25,31). The van der Waals surface area contributed by atoms with Crippen molar-refractivity contribution in [1.82, 2.24) is 15.1 Å². The normalized spacial score (nSPS) is 18.1. The molecule has 8 nitrogen and oxygen atoms in total. The fraction of sp³-hybridized carbons (Fsp3) is 0.304. The molecule has 0 saturated carbocycles. The van der Waals surface area contributed by atoms with Crippen LogP contribution in [0.25, 0.3) is 0 Å². The number of carbonyl (C=O) groups is 4. The van der Waals surface area contributed by atoms with Crippen LogP contribution in [0.3, 0.4) is 0 Å². The van der Waals surface area contributed by atoms with Crippen molar-refractivity contribution < 1.29 is 19.2 Å². The molecule has 1 fully saturated rings. The van der Waals surface area contributed by atoms with Crippen molar-refractivity contribution in [2.45, 2.75) is 32.4 Å². The van der Waals surface area contributed by atoms with Gasteiger partial charge in [0.25, 0.3) is 5.91 Å². The second kappa shape index (κ2) is 8.59. The van der Waals surface area contributed by atoms with E-state index >= 15 is 0 Å². The summed E-state index contributed by atoms with van der Waals surface area (Å²) >= 11 is 0. The maximum atomic E-state index is 13.1.